The molecule has 7 heteroatoms. The minimum absolute atomic E-state index is 0.126. The van der Waals surface area contributed by atoms with Gasteiger partial charge in [-0.15, -0.1) is 0 Å². The van der Waals surface area contributed by atoms with Crippen LogP contribution in [0, 0.1) is 6.92 Å². The summed E-state index contributed by atoms with van der Waals surface area (Å²) in [6.07, 6.45) is 2.57. The van der Waals surface area contributed by atoms with Crippen molar-refractivity contribution in [3.63, 3.8) is 0 Å². The Hall–Kier alpha value is -2.67. The Balaban J connectivity index is 1.86. The molecule has 23 heavy (non-hydrogen) atoms. The lowest BCUT2D eigenvalue weighted by Crippen LogP contribution is -2.24. The lowest BCUT2D eigenvalue weighted by atomic mass is 10.2. The molecule has 0 aliphatic carbocycles. The van der Waals surface area contributed by atoms with Crippen LogP contribution in [-0.4, -0.2) is 35.0 Å². The largest absolute Gasteiger partial charge is 0.365 e. The number of primary amides is 1. The van der Waals surface area contributed by atoms with E-state index >= 15 is 0 Å². The molecule has 120 valence electrons. The molecule has 0 bridgehead atoms. The summed E-state index contributed by atoms with van der Waals surface area (Å²) in [5, 5.41) is 9.73. The first kappa shape index (κ1) is 15.2. The maximum absolute atomic E-state index is 11.6. The van der Waals surface area contributed by atoms with Crippen LogP contribution >= 0.6 is 0 Å². The lowest BCUT2D eigenvalue weighted by Gasteiger charge is -2.14. The number of carbonyl (C=O) groups excluding carboxylic acids is 1. The van der Waals surface area contributed by atoms with E-state index in [4.69, 9.17) is 5.73 Å². The molecular weight excluding hydrogens is 292 g/mol. The van der Waals surface area contributed by atoms with Gasteiger partial charge >= 0.3 is 0 Å². The number of amides is 1. The summed E-state index contributed by atoms with van der Waals surface area (Å²) in [5.41, 5.74) is 7.47. The first-order chi connectivity index (χ1) is 11.1. The number of aromatic nitrogens is 2. The molecule has 1 aliphatic heterocycles. The Kier molecular flexibility index (Phi) is 4.38. The number of carbonyl (C=O) groups is 1. The summed E-state index contributed by atoms with van der Waals surface area (Å²) in [7, 11) is 0. The molecule has 1 aliphatic rings. The van der Waals surface area contributed by atoms with E-state index in [2.05, 4.69) is 25.9 Å². The number of benzene rings is 1. The van der Waals surface area contributed by atoms with Gasteiger partial charge in [-0.3, -0.25) is 4.79 Å². The van der Waals surface area contributed by atoms with Crippen LogP contribution in [0.4, 0.5) is 17.3 Å². The average Bonchev–Trinajstić information content (AvgIpc) is 3.00. The molecule has 1 amide bonds. The van der Waals surface area contributed by atoms with Crippen molar-refractivity contribution in [3.8, 4) is 0 Å². The SMILES string of the molecule is Cc1cccc(Nc2nc(N[C@@H]3CCNC3)cnc2C(N)=O)c1. The van der Waals surface area contributed by atoms with Crippen molar-refractivity contribution in [1.82, 2.24) is 15.3 Å². The summed E-state index contributed by atoms with van der Waals surface area (Å²) in [6, 6.07) is 8.11. The first-order valence-corrected chi connectivity index (χ1v) is 7.59. The Labute approximate surface area is 134 Å². The van der Waals surface area contributed by atoms with Gasteiger partial charge in [-0.1, -0.05) is 12.1 Å². The molecule has 0 radical (unpaired) electrons. The van der Waals surface area contributed by atoms with E-state index in [0.717, 1.165) is 30.8 Å². The average molecular weight is 312 g/mol. The molecule has 2 heterocycles. The molecule has 0 unspecified atom stereocenters. The molecule has 1 saturated heterocycles. The topological polar surface area (TPSA) is 105 Å². The normalized spacial score (nSPS) is 17.0. The number of nitrogens with zero attached hydrogens (tertiary/aromatic N) is 2. The zero-order chi connectivity index (χ0) is 16.2. The predicted octanol–water partition coefficient (Wildman–Crippen LogP) is 1.40. The van der Waals surface area contributed by atoms with Gasteiger partial charge in [-0.25, -0.2) is 9.97 Å². The quantitative estimate of drug-likeness (QED) is 0.665. The van der Waals surface area contributed by atoms with Gasteiger partial charge in [0.05, 0.1) is 6.20 Å². The summed E-state index contributed by atoms with van der Waals surface area (Å²) in [6.45, 7) is 3.87. The summed E-state index contributed by atoms with van der Waals surface area (Å²) in [4.78, 5) is 20.2. The van der Waals surface area contributed by atoms with Crippen LogP contribution in [0.15, 0.2) is 30.5 Å². The predicted molar refractivity (Wildman–Crippen MR) is 89.9 cm³/mol. The molecule has 1 aromatic heterocycles. The van der Waals surface area contributed by atoms with Crippen molar-refractivity contribution >= 4 is 23.2 Å². The van der Waals surface area contributed by atoms with Gasteiger partial charge in [-0.2, -0.15) is 0 Å². The van der Waals surface area contributed by atoms with Crippen molar-refractivity contribution < 1.29 is 4.79 Å². The maximum Gasteiger partial charge on any atom is 0.271 e. The van der Waals surface area contributed by atoms with Gasteiger partial charge in [0.2, 0.25) is 0 Å². The lowest BCUT2D eigenvalue weighted by molar-refractivity contribution is 0.0996. The fourth-order valence-corrected chi connectivity index (χ4v) is 2.57. The zero-order valence-electron chi connectivity index (χ0n) is 13.0. The number of anilines is 3. The molecule has 3 rings (SSSR count). The Morgan fingerprint density at radius 2 is 2.30 bits per heavy atom. The van der Waals surface area contributed by atoms with E-state index in [1.807, 2.05) is 31.2 Å². The van der Waals surface area contributed by atoms with E-state index in [-0.39, 0.29) is 5.69 Å². The standard InChI is InChI=1S/C16H20N6O/c1-10-3-2-4-11(7-10)21-16-14(15(17)23)19-9-13(22-16)20-12-5-6-18-8-12/h2-4,7,9,12,18H,5-6,8H2,1H3,(H2,17,23)(H2,20,21,22)/t12-/m1/s1. The third kappa shape index (κ3) is 3.75. The van der Waals surface area contributed by atoms with Crippen molar-refractivity contribution in [1.29, 1.82) is 0 Å². The van der Waals surface area contributed by atoms with E-state index in [1.54, 1.807) is 6.20 Å². The number of nitrogens with two attached hydrogens (primary N) is 1. The van der Waals surface area contributed by atoms with Gasteiger partial charge < -0.3 is 21.7 Å². The van der Waals surface area contributed by atoms with Crippen LogP contribution in [-0.2, 0) is 0 Å². The number of hydrogen-bond donors (Lipinski definition) is 4. The molecule has 1 atom stereocenters. The molecule has 2 aromatic rings. The zero-order valence-corrected chi connectivity index (χ0v) is 13.0. The first-order valence-electron chi connectivity index (χ1n) is 7.59. The van der Waals surface area contributed by atoms with Gasteiger partial charge in [0, 0.05) is 18.3 Å². The van der Waals surface area contributed by atoms with Crippen molar-refractivity contribution in [2.45, 2.75) is 19.4 Å². The molecule has 5 N–H and O–H groups in total. The highest BCUT2D eigenvalue weighted by Crippen LogP contribution is 2.20. The Morgan fingerprint density at radius 3 is 3.00 bits per heavy atom. The van der Waals surface area contributed by atoms with Gasteiger partial charge in [-0.05, 0) is 37.6 Å². The Morgan fingerprint density at radius 1 is 1.43 bits per heavy atom. The second-order valence-corrected chi connectivity index (χ2v) is 5.65. The highest BCUT2D eigenvalue weighted by Gasteiger charge is 2.17. The van der Waals surface area contributed by atoms with Crippen molar-refractivity contribution in [3.05, 3.63) is 41.7 Å². The molecule has 0 saturated carbocycles. The fourth-order valence-electron chi connectivity index (χ4n) is 2.57. The third-order valence-corrected chi connectivity index (χ3v) is 3.70. The van der Waals surface area contributed by atoms with Gasteiger partial charge in [0.1, 0.15) is 5.82 Å². The summed E-state index contributed by atoms with van der Waals surface area (Å²) in [5.74, 6) is 0.375. The second kappa shape index (κ2) is 6.62. The van der Waals surface area contributed by atoms with E-state index in [9.17, 15) is 4.79 Å². The number of hydrogen-bond acceptors (Lipinski definition) is 6. The summed E-state index contributed by atoms with van der Waals surface area (Å²) < 4.78 is 0. The molecule has 0 spiro atoms. The minimum Gasteiger partial charge on any atom is -0.365 e. The van der Waals surface area contributed by atoms with Gasteiger partial charge in [0.15, 0.2) is 11.5 Å². The van der Waals surface area contributed by atoms with Crippen LogP contribution in [0.2, 0.25) is 0 Å². The van der Waals surface area contributed by atoms with Crippen molar-refractivity contribution in [2.75, 3.05) is 23.7 Å². The second-order valence-electron chi connectivity index (χ2n) is 5.65. The maximum atomic E-state index is 11.6. The van der Waals surface area contributed by atoms with Crippen LogP contribution in [0.5, 0.6) is 0 Å². The van der Waals surface area contributed by atoms with E-state index < -0.39 is 5.91 Å². The molecule has 1 fully saturated rings. The monoisotopic (exact) mass is 312 g/mol. The third-order valence-electron chi connectivity index (χ3n) is 3.70. The van der Waals surface area contributed by atoms with E-state index in [1.165, 1.54) is 0 Å². The highest BCUT2D eigenvalue weighted by molar-refractivity contribution is 5.96. The van der Waals surface area contributed by atoms with Gasteiger partial charge in [0.25, 0.3) is 5.91 Å². The van der Waals surface area contributed by atoms with Crippen LogP contribution in [0.3, 0.4) is 0 Å². The minimum atomic E-state index is -0.610. The smallest absolute Gasteiger partial charge is 0.271 e. The van der Waals surface area contributed by atoms with Crippen molar-refractivity contribution in [2.24, 2.45) is 5.73 Å². The fraction of sp³-hybridized carbons (Fsp3) is 0.312. The van der Waals surface area contributed by atoms with Crippen LogP contribution in [0.1, 0.15) is 22.5 Å². The number of nitrogens with one attached hydrogen (secondary N) is 3. The molecule has 1 aromatic carbocycles. The molecule has 7 nitrogen and oxygen atoms in total. The van der Waals surface area contributed by atoms with Crippen LogP contribution in [0.25, 0.3) is 0 Å². The summed E-state index contributed by atoms with van der Waals surface area (Å²) >= 11 is 0. The number of rotatable bonds is 5. The highest BCUT2D eigenvalue weighted by atomic mass is 16.1. The molecular formula is C16H20N6O. The van der Waals surface area contributed by atoms with E-state index in [0.29, 0.717) is 17.7 Å². The number of aryl methyl sites for hydroxylation is 1. The Bertz CT molecular complexity index is 711. The van der Waals surface area contributed by atoms with Crippen LogP contribution < -0.4 is 21.7 Å².